The van der Waals surface area contributed by atoms with Gasteiger partial charge in [0.25, 0.3) is 5.91 Å². The molecule has 5 heterocycles. The quantitative estimate of drug-likeness (QED) is 0.523. The van der Waals surface area contributed by atoms with Gasteiger partial charge in [0.05, 0.1) is 28.9 Å². The molecule has 0 atom stereocenters. The predicted octanol–water partition coefficient (Wildman–Crippen LogP) is 2.47. The van der Waals surface area contributed by atoms with Crippen molar-refractivity contribution in [2.75, 3.05) is 18.4 Å². The lowest BCUT2D eigenvalue weighted by Crippen LogP contribution is -2.42. The summed E-state index contributed by atoms with van der Waals surface area (Å²) in [4.78, 5) is 20.9. The number of aryl methyl sites for hydroxylation is 1. The molecule has 2 aliphatic rings. The highest BCUT2D eigenvalue weighted by molar-refractivity contribution is 7.89. The Morgan fingerprint density at radius 3 is 2.60 bits per heavy atom. The van der Waals surface area contributed by atoms with E-state index >= 15 is 0 Å². The van der Waals surface area contributed by atoms with Gasteiger partial charge in [0.2, 0.25) is 16.0 Å². The van der Waals surface area contributed by atoms with E-state index in [2.05, 4.69) is 25.7 Å². The molecule has 0 unspecified atom stereocenters. The molecule has 1 amide bonds. The van der Waals surface area contributed by atoms with Crippen molar-refractivity contribution in [3.63, 3.8) is 0 Å². The van der Waals surface area contributed by atoms with E-state index in [0.717, 1.165) is 17.5 Å². The maximum atomic E-state index is 13.7. The first-order valence-corrected chi connectivity index (χ1v) is 12.9. The molecule has 35 heavy (non-hydrogen) atoms. The number of alkyl halides is 3. The molecule has 0 aromatic carbocycles. The number of nitrogens with one attached hydrogen (secondary N) is 2. The standard InChI is InChI=1S/C20H20F3N7O3S2/c1-29-10-12(7-26-29)35(32,33)30-4-2-11(3-5-30)27-19-25-8-14(20(21,22)23)17(28-19)15-6-13-16(34-15)9-24-18(13)31/h6-8,10-11H,2-5,9H2,1H3,(H,24,31)(H,25,27,28). The third-order valence-electron chi connectivity index (χ3n) is 5.90. The summed E-state index contributed by atoms with van der Waals surface area (Å²) in [6.45, 7) is 0.737. The van der Waals surface area contributed by atoms with Crippen molar-refractivity contribution in [3.8, 4) is 10.6 Å². The number of nitrogens with zero attached hydrogens (tertiary/aromatic N) is 5. The van der Waals surface area contributed by atoms with Crippen LogP contribution in [0.3, 0.4) is 0 Å². The third kappa shape index (κ3) is 4.50. The van der Waals surface area contributed by atoms with E-state index in [-0.39, 0.29) is 53.0 Å². The highest BCUT2D eigenvalue weighted by Crippen LogP contribution is 2.40. The number of anilines is 1. The molecule has 15 heteroatoms. The zero-order chi connectivity index (χ0) is 25.0. The Kier molecular flexibility index (Phi) is 5.80. The number of fused-ring (bicyclic) bond motifs is 1. The Balaban J connectivity index is 1.34. The summed E-state index contributed by atoms with van der Waals surface area (Å²) < 4.78 is 69.3. The van der Waals surface area contributed by atoms with Crippen molar-refractivity contribution >= 4 is 33.2 Å². The topological polar surface area (TPSA) is 122 Å². The van der Waals surface area contributed by atoms with Crippen LogP contribution in [0.2, 0.25) is 0 Å². The summed E-state index contributed by atoms with van der Waals surface area (Å²) in [7, 11) is -2.04. The molecule has 1 fully saturated rings. The van der Waals surface area contributed by atoms with Gasteiger partial charge in [-0.15, -0.1) is 11.3 Å². The molecule has 0 bridgehead atoms. The number of carbonyl (C=O) groups is 1. The van der Waals surface area contributed by atoms with Gasteiger partial charge in [0.1, 0.15) is 10.5 Å². The van der Waals surface area contributed by atoms with E-state index in [1.54, 1.807) is 7.05 Å². The lowest BCUT2D eigenvalue weighted by atomic mass is 10.1. The minimum atomic E-state index is -4.67. The second-order valence-corrected chi connectivity index (χ2v) is 11.3. The monoisotopic (exact) mass is 527 g/mol. The first-order valence-electron chi connectivity index (χ1n) is 10.6. The van der Waals surface area contributed by atoms with Gasteiger partial charge in [0.15, 0.2) is 0 Å². The van der Waals surface area contributed by atoms with Gasteiger partial charge in [-0.3, -0.25) is 9.48 Å². The van der Waals surface area contributed by atoms with Crippen molar-refractivity contribution in [3.05, 3.63) is 40.7 Å². The molecule has 2 aliphatic heterocycles. The normalized spacial score (nSPS) is 17.4. The van der Waals surface area contributed by atoms with Crippen LogP contribution in [0.5, 0.6) is 0 Å². The predicted molar refractivity (Wildman–Crippen MR) is 120 cm³/mol. The third-order valence-corrected chi connectivity index (χ3v) is 8.89. The number of rotatable bonds is 5. The summed E-state index contributed by atoms with van der Waals surface area (Å²) in [6, 6.07) is 1.20. The summed E-state index contributed by atoms with van der Waals surface area (Å²) in [6.07, 6.45) is -0.365. The van der Waals surface area contributed by atoms with Gasteiger partial charge in [-0.05, 0) is 18.9 Å². The second kappa shape index (κ2) is 8.57. The second-order valence-electron chi connectivity index (χ2n) is 8.26. The molecule has 0 aliphatic carbocycles. The highest BCUT2D eigenvalue weighted by Gasteiger charge is 2.37. The van der Waals surface area contributed by atoms with Crippen LogP contribution in [0.25, 0.3) is 10.6 Å². The van der Waals surface area contributed by atoms with E-state index in [0.29, 0.717) is 23.3 Å². The van der Waals surface area contributed by atoms with Gasteiger partial charge in [0, 0.05) is 43.4 Å². The number of halogens is 3. The molecular formula is C20H20F3N7O3S2. The number of aromatic nitrogens is 4. The number of piperidine rings is 1. The van der Waals surface area contributed by atoms with Crippen molar-refractivity contribution < 1.29 is 26.4 Å². The maximum Gasteiger partial charge on any atom is 0.420 e. The van der Waals surface area contributed by atoms with Gasteiger partial charge < -0.3 is 10.6 Å². The number of hydrogen-bond acceptors (Lipinski definition) is 8. The first kappa shape index (κ1) is 23.7. The van der Waals surface area contributed by atoms with Crippen LogP contribution in [0, 0.1) is 0 Å². The summed E-state index contributed by atoms with van der Waals surface area (Å²) >= 11 is 1.08. The van der Waals surface area contributed by atoms with Gasteiger partial charge in [-0.1, -0.05) is 0 Å². The number of sulfonamides is 1. The van der Waals surface area contributed by atoms with E-state index in [1.165, 1.54) is 27.4 Å². The molecule has 3 aromatic rings. The Labute approximate surface area is 202 Å². The van der Waals surface area contributed by atoms with Gasteiger partial charge >= 0.3 is 6.18 Å². The lowest BCUT2D eigenvalue weighted by Gasteiger charge is -2.31. The molecule has 1 saturated heterocycles. The van der Waals surface area contributed by atoms with Crippen LogP contribution >= 0.6 is 11.3 Å². The fourth-order valence-corrected chi connectivity index (χ4v) is 6.63. The zero-order valence-electron chi connectivity index (χ0n) is 18.3. The minimum Gasteiger partial charge on any atom is -0.351 e. The first-order chi connectivity index (χ1) is 16.5. The Bertz CT molecular complexity index is 1390. The molecule has 10 nitrogen and oxygen atoms in total. The summed E-state index contributed by atoms with van der Waals surface area (Å²) in [5.41, 5.74) is -0.923. The number of carbonyl (C=O) groups excluding carboxylic acids is 1. The van der Waals surface area contributed by atoms with E-state index in [1.807, 2.05) is 0 Å². The Morgan fingerprint density at radius 2 is 1.97 bits per heavy atom. The van der Waals surface area contributed by atoms with E-state index < -0.39 is 21.8 Å². The molecule has 186 valence electrons. The summed E-state index contributed by atoms with van der Waals surface area (Å²) in [5, 5.41) is 9.58. The number of thiophene rings is 1. The van der Waals surface area contributed by atoms with Crippen LogP contribution in [0.15, 0.2) is 29.6 Å². The molecule has 5 rings (SSSR count). The lowest BCUT2D eigenvalue weighted by molar-refractivity contribution is -0.137. The van der Waals surface area contributed by atoms with Crippen LogP contribution in [-0.2, 0) is 29.8 Å². The molecule has 2 N–H and O–H groups in total. The largest absolute Gasteiger partial charge is 0.420 e. The Hall–Kier alpha value is -3.04. The van der Waals surface area contributed by atoms with Crippen molar-refractivity contribution in [1.29, 1.82) is 0 Å². The molecule has 0 radical (unpaired) electrons. The highest BCUT2D eigenvalue weighted by atomic mass is 32.2. The van der Waals surface area contributed by atoms with Crippen LogP contribution in [0.4, 0.5) is 19.1 Å². The number of hydrogen-bond donors (Lipinski definition) is 2. The molecule has 0 spiro atoms. The van der Waals surface area contributed by atoms with Crippen LogP contribution in [0.1, 0.15) is 33.6 Å². The molecule has 0 saturated carbocycles. The van der Waals surface area contributed by atoms with Crippen molar-refractivity contribution in [2.45, 2.75) is 36.5 Å². The maximum absolute atomic E-state index is 13.7. The average Bonchev–Trinajstić information content (AvgIpc) is 3.51. The van der Waals surface area contributed by atoms with Crippen molar-refractivity contribution in [2.24, 2.45) is 7.05 Å². The summed E-state index contributed by atoms with van der Waals surface area (Å²) in [5.74, 6) is -0.309. The fraction of sp³-hybridized carbons (Fsp3) is 0.400. The molecule has 3 aromatic heterocycles. The SMILES string of the molecule is Cn1cc(S(=O)(=O)N2CCC(Nc3ncc(C(F)(F)F)c(-c4cc5c(s4)CNC5=O)n3)CC2)cn1. The van der Waals surface area contributed by atoms with Crippen molar-refractivity contribution in [1.82, 2.24) is 29.4 Å². The molecular weight excluding hydrogens is 507 g/mol. The van der Waals surface area contributed by atoms with Crippen LogP contribution < -0.4 is 10.6 Å². The minimum absolute atomic E-state index is 0.0135. The van der Waals surface area contributed by atoms with E-state index in [9.17, 15) is 26.4 Å². The van der Waals surface area contributed by atoms with Crippen LogP contribution in [-0.4, -0.2) is 57.5 Å². The van der Waals surface area contributed by atoms with Gasteiger partial charge in [-0.25, -0.2) is 18.4 Å². The van der Waals surface area contributed by atoms with Gasteiger partial charge in [-0.2, -0.15) is 22.6 Å². The smallest absolute Gasteiger partial charge is 0.351 e. The fourth-order valence-electron chi connectivity index (χ4n) is 4.08. The zero-order valence-corrected chi connectivity index (χ0v) is 20.0. The Morgan fingerprint density at radius 1 is 1.23 bits per heavy atom. The number of amides is 1. The van der Waals surface area contributed by atoms with E-state index in [4.69, 9.17) is 0 Å². The average molecular weight is 528 g/mol.